The van der Waals surface area contributed by atoms with E-state index in [9.17, 15) is 30.0 Å². The number of aromatic hydroxyl groups is 1. The number of primary amides is 1. The van der Waals surface area contributed by atoms with E-state index in [0.29, 0.717) is 17.6 Å². The van der Waals surface area contributed by atoms with Gasteiger partial charge >= 0.3 is 0 Å². The number of carbonyl (C=O) groups excluding carboxylic acids is 2. The summed E-state index contributed by atoms with van der Waals surface area (Å²) >= 11 is 0. The third-order valence-electron chi connectivity index (χ3n) is 6.79. The number of amides is 1. The third-order valence-corrected chi connectivity index (χ3v) is 6.79. The molecule has 0 aromatic heterocycles. The summed E-state index contributed by atoms with van der Waals surface area (Å²) in [5.41, 5.74) is 5.00. The molecule has 0 bridgehead atoms. The number of benzene rings is 1. The molecule has 1 aromatic carbocycles. The lowest BCUT2D eigenvalue weighted by atomic mass is 9.58. The number of fused-ring (bicyclic) bond motifs is 3. The highest BCUT2D eigenvalue weighted by Gasteiger charge is 2.62. The molecule has 1 amide bonds. The lowest BCUT2D eigenvalue weighted by Gasteiger charge is -2.49. The van der Waals surface area contributed by atoms with E-state index in [1.54, 1.807) is 6.07 Å². The van der Waals surface area contributed by atoms with E-state index in [0.717, 1.165) is 11.1 Å². The van der Waals surface area contributed by atoms with Crippen molar-refractivity contribution in [3.63, 3.8) is 0 Å². The van der Waals surface area contributed by atoms with E-state index in [-0.39, 0.29) is 23.7 Å². The van der Waals surface area contributed by atoms with Crippen LogP contribution in [0.2, 0.25) is 0 Å². The Morgan fingerprint density at radius 1 is 1.30 bits per heavy atom. The zero-order valence-corrected chi connectivity index (χ0v) is 16.7. The number of aliphatic hydroxyl groups excluding tert-OH is 2. The van der Waals surface area contributed by atoms with Crippen molar-refractivity contribution in [2.24, 2.45) is 17.6 Å². The van der Waals surface area contributed by atoms with Crippen LogP contribution in [0.4, 0.5) is 0 Å². The van der Waals surface area contributed by atoms with Gasteiger partial charge in [0.2, 0.25) is 5.78 Å². The number of likely N-dealkylation sites (N-methyl/N-ethyl adjacent to an activating group) is 1. The first-order valence-electron chi connectivity index (χ1n) is 9.67. The third kappa shape index (κ3) is 2.34. The fraction of sp³-hybridized carbons (Fsp3) is 0.364. The summed E-state index contributed by atoms with van der Waals surface area (Å²) in [5, 5.41) is 46.4. The summed E-state index contributed by atoms with van der Waals surface area (Å²) in [7, 11) is 1.52. The highest BCUT2D eigenvalue weighted by molar-refractivity contribution is 6.24. The first-order valence-corrected chi connectivity index (χ1v) is 9.67. The first-order chi connectivity index (χ1) is 14.0. The first kappa shape index (κ1) is 20.2. The lowest BCUT2D eigenvalue weighted by molar-refractivity contribution is -0.146. The minimum absolute atomic E-state index is 0.00750. The largest absolute Gasteiger partial charge is 0.510 e. The lowest BCUT2D eigenvalue weighted by Crippen LogP contribution is -2.63. The van der Waals surface area contributed by atoms with Crippen molar-refractivity contribution < 1.29 is 30.0 Å². The van der Waals surface area contributed by atoms with Crippen LogP contribution in [-0.2, 0) is 16.0 Å². The van der Waals surface area contributed by atoms with E-state index < -0.39 is 46.3 Å². The molecule has 0 saturated carbocycles. The molecule has 7 N–H and O–H groups in total. The number of phenols is 1. The van der Waals surface area contributed by atoms with E-state index in [4.69, 9.17) is 5.73 Å². The molecule has 0 spiro atoms. The Balaban J connectivity index is 1.97. The summed E-state index contributed by atoms with van der Waals surface area (Å²) in [5.74, 6) is -4.72. The van der Waals surface area contributed by atoms with Crippen LogP contribution in [0, 0.1) is 18.8 Å². The van der Waals surface area contributed by atoms with Crippen LogP contribution < -0.4 is 11.1 Å². The molecule has 8 heteroatoms. The average Bonchev–Trinajstić information content (AvgIpc) is 2.67. The van der Waals surface area contributed by atoms with Gasteiger partial charge in [0.05, 0.1) is 6.04 Å². The SMILES string of the molecule is C=C1C2=C(O)[C@]3(O)C(=O)C(C(N)=O)=C(O)[C@@H](NC)C3CC2Cc2c(C)ccc(O)c21. The Kier molecular flexibility index (Phi) is 4.34. The number of hydrogen-bond acceptors (Lipinski definition) is 7. The van der Waals surface area contributed by atoms with E-state index in [1.165, 1.54) is 13.1 Å². The predicted molar refractivity (Wildman–Crippen MR) is 108 cm³/mol. The van der Waals surface area contributed by atoms with Gasteiger partial charge in [0, 0.05) is 17.1 Å². The number of phenolic OH excluding ortho intramolecular Hbond substituents is 1. The van der Waals surface area contributed by atoms with Gasteiger partial charge in [-0.3, -0.25) is 9.59 Å². The van der Waals surface area contributed by atoms with Crippen LogP contribution >= 0.6 is 0 Å². The molecule has 0 fully saturated rings. The van der Waals surface area contributed by atoms with Crippen molar-refractivity contribution in [1.82, 2.24) is 5.32 Å². The molecule has 30 heavy (non-hydrogen) atoms. The van der Waals surface area contributed by atoms with Crippen LogP contribution in [0.25, 0.3) is 5.57 Å². The second-order valence-electron chi connectivity index (χ2n) is 8.23. The molecule has 2 unspecified atom stereocenters. The van der Waals surface area contributed by atoms with Crippen molar-refractivity contribution in [3.8, 4) is 5.75 Å². The number of hydrogen-bond donors (Lipinski definition) is 6. The van der Waals surface area contributed by atoms with Gasteiger partial charge in [-0.05, 0) is 55.5 Å². The van der Waals surface area contributed by atoms with Gasteiger partial charge in [0.15, 0.2) is 5.60 Å². The van der Waals surface area contributed by atoms with Crippen LogP contribution in [0.15, 0.2) is 41.4 Å². The highest BCUT2D eigenvalue weighted by atomic mass is 16.3. The summed E-state index contributed by atoms with van der Waals surface area (Å²) in [4.78, 5) is 24.9. The number of carbonyl (C=O) groups is 2. The number of rotatable bonds is 2. The predicted octanol–water partition coefficient (Wildman–Crippen LogP) is 0.917. The van der Waals surface area contributed by atoms with E-state index in [1.807, 2.05) is 6.92 Å². The minimum Gasteiger partial charge on any atom is -0.510 e. The summed E-state index contributed by atoms with van der Waals surface area (Å²) in [6, 6.07) is 2.37. The fourth-order valence-corrected chi connectivity index (χ4v) is 5.35. The number of Topliss-reactive ketones (excluding diaryl/α,β-unsaturated/α-hetero) is 1. The second kappa shape index (κ2) is 6.45. The van der Waals surface area contributed by atoms with Gasteiger partial charge in [-0.25, -0.2) is 0 Å². The maximum atomic E-state index is 13.1. The quantitative estimate of drug-likeness (QED) is 0.395. The molecule has 3 aliphatic carbocycles. The zero-order chi connectivity index (χ0) is 22.1. The van der Waals surface area contributed by atoms with Gasteiger partial charge < -0.3 is 31.5 Å². The Labute approximate surface area is 173 Å². The van der Waals surface area contributed by atoms with Gasteiger partial charge in [-0.2, -0.15) is 0 Å². The monoisotopic (exact) mass is 412 g/mol. The molecule has 0 radical (unpaired) electrons. The van der Waals surface area contributed by atoms with Gasteiger partial charge in [0.25, 0.3) is 5.91 Å². The molecule has 158 valence electrons. The van der Waals surface area contributed by atoms with E-state index in [2.05, 4.69) is 11.9 Å². The number of aryl methyl sites for hydroxylation is 1. The molecule has 0 saturated heterocycles. The molecule has 4 atom stereocenters. The molecular formula is C22H24N2O6. The van der Waals surface area contributed by atoms with Crippen LogP contribution in [0.1, 0.15) is 23.1 Å². The maximum Gasteiger partial charge on any atom is 0.255 e. The Hall–Kier alpha value is -3.10. The molecule has 8 nitrogen and oxygen atoms in total. The van der Waals surface area contributed by atoms with Gasteiger partial charge in [0.1, 0.15) is 22.8 Å². The van der Waals surface area contributed by atoms with Crippen molar-refractivity contribution >= 4 is 17.3 Å². The van der Waals surface area contributed by atoms with Crippen LogP contribution in [0.3, 0.4) is 0 Å². The summed E-state index contributed by atoms with van der Waals surface area (Å²) in [6.45, 7) is 5.94. The number of nitrogens with two attached hydrogens (primary N) is 1. The van der Waals surface area contributed by atoms with Crippen LogP contribution in [0.5, 0.6) is 5.75 Å². The van der Waals surface area contributed by atoms with Crippen LogP contribution in [-0.4, -0.2) is 50.8 Å². The van der Waals surface area contributed by atoms with Gasteiger partial charge in [-0.15, -0.1) is 0 Å². The van der Waals surface area contributed by atoms with E-state index >= 15 is 0 Å². The topological polar surface area (TPSA) is 153 Å². The molecule has 0 aliphatic heterocycles. The van der Waals surface area contributed by atoms with Crippen molar-refractivity contribution in [1.29, 1.82) is 0 Å². The molecule has 3 aliphatic rings. The number of ketones is 1. The van der Waals surface area contributed by atoms with Gasteiger partial charge in [-0.1, -0.05) is 12.6 Å². The minimum atomic E-state index is -2.45. The Bertz CT molecular complexity index is 1090. The van der Waals surface area contributed by atoms with Crippen molar-refractivity contribution in [2.75, 3.05) is 7.05 Å². The second-order valence-corrected chi connectivity index (χ2v) is 8.23. The summed E-state index contributed by atoms with van der Waals surface area (Å²) in [6.07, 6.45) is 0.690. The highest BCUT2D eigenvalue weighted by Crippen LogP contribution is 2.54. The average molecular weight is 412 g/mol. The smallest absolute Gasteiger partial charge is 0.255 e. The summed E-state index contributed by atoms with van der Waals surface area (Å²) < 4.78 is 0. The molecule has 0 heterocycles. The maximum absolute atomic E-state index is 13.1. The molecule has 4 rings (SSSR count). The number of aliphatic hydroxyl groups is 3. The number of allylic oxidation sites excluding steroid dienone is 2. The standard InChI is InChI=1S/C22H24N2O6/c1-8-4-5-13(25)15-9(2)14-10(6-11(8)15)7-12-17(24-3)18(26)16(21(23)29)20(28)22(12,30)19(14)27/h4-5,10,12,17,24-27,30H,2,6-7H2,1,3H3,(H2,23,29)/t10?,12?,17-,22-/m0/s1. The fourth-order valence-electron chi connectivity index (χ4n) is 5.35. The Morgan fingerprint density at radius 3 is 2.57 bits per heavy atom. The Morgan fingerprint density at radius 2 is 1.97 bits per heavy atom. The zero-order valence-electron chi connectivity index (χ0n) is 16.7. The number of nitrogens with one attached hydrogen (secondary N) is 1. The molecular weight excluding hydrogens is 388 g/mol. The van der Waals surface area contributed by atoms with Crippen molar-refractivity contribution in [3.05, 3.63) is 58.1 Å². The molecule has 1 aromatic rings. The van der Waals surface area contributed by atoms with Crippen molar-refractivity contribution in [2.45, 2.75) is 31.4 Å². The normalized spacial score (nSPS) is 30.7.